The Bertz CT molecular complexity index is 679. The van der Waals surface area contributed by atoms with Crippen LogP contribution in [0, 0.1) is 5.82 Å². The van der Waals surface area contributed by atoms with E-state index in [1.807, 2.05) is 12.1 Å². The Morgan fingerprint density at radius 1 is 1.05 bits per heavy atom. The van der Waals surface area contributed by atoms with Crippen LogP contribution in [0.2, 0.25) is 0 Å². The molecule has 0 aromatic heterocycles. The van der Waals surface area contributed by atoms with Crippen LogP contribution in [0.25, 0.3) is 0 Å². The molecular formula is C18H18BrFO. The largest absolute Gasteiger partial charge is 0.381 e. The lowest BCUT2D eigenvalue weighted by Crippen LogP contribution is -2.25. The third-order valence-corrected chi connectivity index (χ3v) is 4.86. The molecule has 0 saturated carbocycles. The molecule has 0 fully saturated rings. The number of halogens is 2. The molecule has 3 rings (SSSR count). The predicted octanol–water partition coefficient (Wildman–Crippen LogP) is 4.72. The average molecular weight is 349 g/mol. The van der Waals surface area contributed by atoms with Crippen molar-refractivity contribution in [2.75, 3.05) is 0 Å². The maximum Gasteiger partial charge on any atom is 0.129 e. The molecule has 2 aromatic carbocycles. The normalized spacial score (nSPS) is 17.1. The Hall–Kier alpha value is -1.19. The van der Waals surface area contributed by atoms with E-state index >= 15 is 0 Å². The van der Waals surface area contributed by atoms with Crippen LogP contribution < -0.4 is 0 Å². The summed E-state index contributed by atoms with van der Waals surface area (Å²) in [4.78, 5) is 0. The van der Waals surface area contributed by atoms with Crippen molar-refractivity contribution in [3.05, 3.63) is 68.9 Å². The molecule has 1 unspecified atom stereocenters. The molecule has 1 aliphatic carbocycles. The SMILES string of the molecule is CC(O)(c1ccc2c(c1)CCCC2)c1cc(Br)ccc1F. The van der Waals surface area contributed by atoms with Crippen LogP contribution in [0.1, 0.15) is 42.0 Å². The highest BCUT2D eigenvalue weighted by molar-refractivity contribution is 9.10. The van der Waals surface area contributed by atoms with E-state index in [-0.39, 0.29) is 5.82 Å². The first kappa shape index (κ1) is 14.7. The van der Waals surface area contributed by atoms with Gasteiger partial charge >= 0.3 is 0 Å². The van der Waals surface area contributed by atoms with E-state index < -0.39 is 5.60 Å². The Labute approximate surface area is 132 Å². The lowest BCUT2D eigenvalue weighted by molar-refractivity contribution is 0.0977. The molecule has 1 nitrogen and oxygen atoms in total. The van der Waals surface area contributed by atoms with Gasteiger partial charge < -0.3 is 5.11 Å². The molecule has 3 heteroatoms. The summed E-state index contributed by atoms with van der Waals surface area (Å²) in [5.74, 6) is -0.388. The molecular weight excluding hydrogens is 331 g/mol. The summed E-state index contributed by atoms with van der Waals surface area (Å²) in [5, 5.41) is 10.9. The van der Waals surface area contributed by atoms with Crippen molar-refractivity contribution in [1.82, 2.24) is 0 Å². The van der Waals surface area contributed by atoms with E-state index in [0.717, 1.165) is 22.9 Å². The zero-order chi connectivity index (χ0) is 15.0. The van der Waals surface area contributed by atoms with Gasteiger partial charge in [-0.15, -0.1) is 0 Å². The van der Waals surface area contributed by atoms with Crippen LogP contribution in [0.4, 0.5) is 4.39 Å². The number of hydrogen-bond acceptors (Lipinski definition) is 1. The summed E-state index contributed by atoms with van der Waals surface area (Å²) in [6.07, 6.45) is 4.55. The maximum absolute atomic E-state index is 14.1. The van der Waals surface area contributed by atoms with E-state index in [4.69, 9.17) is 0 Å². The third kappa shape index (κ3) is 2.77. The number of benzene rings is 2. The highest BCUT2D eigenvalue weighted by atomic mass is 79.9. The van der Waals surface area contributed by atoms with E-state index in [2.05, 4.69) is 22.0 Å². The summed E-state index contributed by atoms with van der Waals surface area (Å²) in [6, 6.07) is 10.7. The summed E-state index contributed by atoms with van der Waals surface area (Å²) < 4.78 is 14.9. The van der Waals surface area contributed by atoms with Gasteiger partial charge in [0.1, 0.15) is 11.4 Å². The van der Waals surface area contributed by atoms with Gasteiger partial charge in [0.2, 0.25) is 0 Å². The van der Waals surface area contributed by atoms with Crippen LogP contribution >= 0.6 is 15.9 Å². The van der Waals surface area contributed by atoms with Gasteiger partial charge in [0, 0.05) is 10.0 Å². The molecule has 0 spiro atoms. The van der Waals surface area contributed by atoms with Crippen molar-refractivity contribution in [3.63, 3.8) is 0 Å². The molecule has 110 valence electrons. The minimum Gasteiger partial charge on any atom is -0.381 e. The molecule has 2 aromatic rings. The maximum atomic E-state index is 14.1. The van der Waals surface area contributed by atoms with Crippen molar-refractivity contribution in [2.24, 2.45) is 0 Å². The zero-order valence-corrected chi connectivity index (χ0v) is 13.6. The van der Waals surface area contributed by atoms with Gasteiger partial charge in [0.05, 0.1) is 0 Å². The van der Waals surface area contributed by atoms with Crippen LogP contribution in [0.3, 0.4) is 0 Å². The van der Waals surface area contributed by atoms with Crippen LogP contribution in [-0.2, 0) is 18.4 Å². The summed E-state index contributed by atoms with van der Waals surface area (Å²) >= 11 is 3.34. The van der Waals surface area contributed by atoms with Crippen LogP contribution in [-0.4, -0.2) is 5.11 Å². The lowest BCUT2D eigenvalue weighted by atomic mass is 9.83. The van der Waals surface area contributed by atoms with E-state index in [9.17, 15) is 9.50 Å². The van der Waals surface area contributed by atoms with Gasteiger partial charge in [-0.1, -0.05) is 34.1 Å². The van der Waals surface area contributed by atoms with Gasteiger partial charge in [0.25, 0.3) is 0 Å². The molecule has 21 heavy (non-hydrogen) atoms. The first-order chi connectivity index (χ1) is 9.98. The lowest BCUT2D eigenvalue weighted by Gasteiger charge is -2.27. The zero-order valence-electron chi connectivity index (χ0n) is 12.0. The molecule has 0 saturated heterocycles. The highest BCUT2D eigenvalue weighted by Gasteiger charge is 2.29. The molecule has 0 aliphatic heterocycles. The number of rotatable bonds is 2. The number of aliphatic hydroxyl groups is 1. The Kier molecular flexibility index (Phi) is 3.89. The van der Waals surface area contributed by atoms with Crippen molar-refractivity contribution < 1.29 is 9.50 Å². The monoisotopic (exact) mass is 348 g/mol. The molecule has 1 N–H and O–H groups in total. The Morgan fingerprint density at radius 2 is 1.76 bits per heavy atom. The fraction of sp³-hybridized carbons (Fsp3) is 0.333. The first-order valence-electron chi connectivity index (χ1n) is 7.28. The van der Waals surface area contributed by atoms with Crippen molar-refractivity contribution in [3.8, 4) is 0 Å². The van der Waals surface area contributed by atoms with Gasteiger partial charge in [-0.05, 0) is 67.5 Å². The second kappa shape index (κ2) is 5.54. The second-order valence-corrected chi connectivity index (χ2v) is 6.80. The van der Waals surface area contributed by atoms with Crippen molar-refractivity contribution >= 4 is 15.9 Å². The summed E-state index contributed by atoms with van der Waals surface area (Å²) in [6.45, 7) is 1.66. The molecule has 0 heterocycles. The third-order valence-electron chi connectivity index (χ3n) is 4.36. The van der Waals surface area contributed by atoms with Gasteiger partial charge in [-0.3, -0.25) is 0 Å². The van der Waals surface area contributed by atoms with Crippen molar-refractivity contribution in [1.29, 1.82) is 0 Å². The molecule has 1 aliphatic rings. The fourth-order valence-corrected chi connectivity index (χ4v) is 3.42. The number of hydrogen-bond donors (Lipinski definition) is 1. The quantitative estimate of drug-likeness (QED) is 0.832. The molecule has 0 bridgehead atoms. The fourth-order valence-electron chi connectivity index (χ4n) is 3.06. The standard InChI is InChI=1S/C18H18BrFO/c1-18(21,16-11-15(19)8-9-17(16)20)14-7-6-12-4-2-3-5-13(12)10-14/h6-11,21H,2-5H2,1H3. The van der Waals surface area contributed by atoms with E-state index in [0.29, 0.717) is 5.56 Å². The smallest absolute Gasteiger partial charge is 0.129 e. The van der Waals surface area contributed by atoms with Gasteiger partial charge in [-0.2, -0.15) is 0 Å². The Morgan fingerprint density at radius 3 is 2.52 bits per heavy atom. The first-order valence-corrected chi connectivity index (χ1v) is 8.08. The molecule has 0 amide bonds. The Balaban J connectivity index is 2.07. The predicted molar refractivity (Wildman–Crippen MR) is 85.9 cm³/mol. The minimum absolute atomic E-state index is 0.299. The highest BCUT2D eigenvalue weighted by Crippen LogP contribution is 2.34. The van der Waals surface area contributed by atoms with E-state index in [1.165, 1.54) is 30.0 Å². The topological polar surface area (TPSA) is 20.2 Å². The second-order valence-electron chi connectivity index (χ2n) is 5.89. The van der Waals surface area contributed by atoms with E-state index in [1.54, 1.807) is 19.1 Å². The van der Waals surface area contributed by atoms with Gasteiger partial charge in [-0.25, -0.2) is 4.39 Å². The summed E-state index contributed by atoms with van der Waals surface area (Å²) in [5.41, 5.74) is 2.36. The average Bonchev–Trinajstić information content (AvgIpc) is 2.49. The molecule has 0 radical (unpaired) electrons. The number of aryl methyl sites for hydroxylation is 2. The van der Waals surface area contributed by atoms with Gasteiger partial charge in [0.15, 0.2) is 0 Å². The van der Waals surface area contributed by atoms with Crippen LogP contribution in [0.15, 0.2) is 40.9 Å². The van der Waals surface area contributed by atoms with Crippen LogP contribution in [0.5, 0.6) is 0 Å². The molecule has 1 atom stereocenters. The summed E-state index contributed by atoms with van der Waals surface area (Å²) in [7, 11) is 0. The minimum atomic E-state index is -1.33. The van der Waals surface area contributed by atoms with Crippen molar-refractivity contribution in [2.45, 2.75) is 38.2 Å². The number of fused-ring (bicyclic) bond motifs is 1.